The number of hydrogen-bond donors (Lipinski definition) is 1. The first kappa shape index (κ1) is 16.1. The molecule has 1 saturated heterocycles. The van der Waals surface area contributed by atoms with Crippen molar-refractivity contribution < 1.29 is 13.2 Å². The van der Waals surface area contributed by atoms with Gasteiger partial charge in [-0.1, -0.05) is 6.07 Å². The molecule has 0 saturated carbocycles. The van der Waals surface area contributed by atoms with Gasteiger partial charge in [-0.3, -0.25) is 9.78 Å². The number of pyridine rings is 1. The summed E-state index contributed by atoms with van der Waals surface area (Å²) in [6.45, 7) is 3.54. The second-order valence-corrected chi connectivity index (χ2v) is 9.19. The lowest BCUT2D eigenvalue weighted by atomic mass is 10.0. The summed E-state index contributed by atoms with van der Waals surface area (Å²) in [5.41, 5.74) is 0.629. The van der Waals surface area contributed by atoms with Gasteiger partial charge in [0.05, 0.1) is 28.4 Å². The van der Waals surface area contributed by atoms with Crippen LogP contribution in [0.3, 0.4) is 0 Å². The molecule has 0 unspecified atom stereocenters. The molecule has 0 spiro atoms. The zero-order valence-electron chi connectivity index (χ0n) is 12.9. The van der Waals surface area contributed by atoms with Gasteiger partial charge in [0.15, 0.2) is 9.84 Å². The molecular weight excluding hydrogens is 334 g/mol. The molecule has 8 heteroatoms. The van der Waals surface area contributed by atoms with Crippen molar-refractivity contribution in [1.82, 2.24) is 15.3 Å². The zero-order valence-corrected chi connectivity index (χ0v) is 14.5. The van der Waals surface area contributed by atoms with Crippen LogP contribution in [0.15, 0.2) is 24.4 Å². The summed E-state index contributed by atoms with van der Waals surface area (Å²) in [4.78, 5) is 21.7. The van der Waals surface area contributed by atoms with Crippen LogP contribution < -0.4 is 5.32 Å². The Kier molecular flexibility index (Phi) is 3.97. The summed E-state index contributed by atoms with van der Waals surface area (Å²) in [5, 5.41) is 3.54. The molecule has 1 fully saturated rings. The quantitative estimate of drug-likeness (QED) is 0.911. The van der Waals surface area contributed by atoms with E-state index in [2.05, 4.69) is 15.3 Å². The fourth-order valence-electron chi connectivity index (χ4n) is 2.65. The van der Waals surface area contributed by atoms with Crippen LogP contribution in [0.5, 0.6) is 0 Å². The van der Waals surface area contributed by atoms with Crippen LogP contribution in [-0.4, -0.2) is 41.3 Å². The Morgan fingerprint density at radius 2 is 2.17 bits per heavy atom. The molecular formula is C15H17N3O3S2. The minimum Gasteiger partial charge on any atom is -0.345 e. The summed E-state index contributed by atoms with van der Waals surface area (Å²) < 4.78 is 23.3. The number of aromatic nitrogens is 2. The molecule has 0 radical (unpaired) electrons. The number of thiazole rings is 1. The number of carbonyl (C=O) groups is 1. The van der Waals surface area contributed by atoms with Crippen LogP contribution in [0.1, 0.15) is 28.7 Å². The molecule has 3 heterocycles. The third-order valence-corrected chi connectivity index (χ3v) is 6.89. The molecule has 1 N–H and O–H groups in total. The molecule has 1 aliphatic heterocycles. The summed E-state index contributed by atoms with van der Waals surface area (Å²) in [5.74, 6) is -0.178. The molecule has 122 valence electrons. The number of amides is 1. The third-order valence-electron chi connectivity index (χ3n) is 3.81. The Bertz CT molecular complexity index is 846. The number of aryl methyl sites for hydroxylation is 1. The van der Waals surface area contributed by atoms with E-state index in [1.54, 1.807) is 20.0 Å². The van der Waals surface area contributed by atoms with E-state index in [0.717, 1.165) is 0 Å². The number of hydrogen-bond acceptors (Lipinski definition) is 6. The molecule has 3 rings (SSSR count). The van der Waals surface area contributed by atoms with Crippen LogP contribution in [-0.2, 0) is 9.84 Å². The Labute approximate surface area is 138 Å². The lowest BCUT2D eigenvalue weighted by Gasteiger charge is -2.23. The van der Waals surface area contributed by atoms with Crippen molar-refractivity contribution >= 4 is 27.1 Å². The van der Waals surface area contributed by atoms with Gasteiger partial charge in [-0.2, -0.15) is 0 Å². The molecule has 0 aliphatic carbocycles. The molecule has 2 aromatic rings. The van der Waals surface area contributed by atoms with Crippen molar-refractivity contribution in [2.45, 2.75) is 25.8 Å². The van der Waals surface area contributed by atoms with E-state index in [9.17, 15) is 13.2 Å². The van der Waals surface area contributed by atoms with Crippen molar-refractivity contribution in [1.29, 1.82) is 0 Å². The summed E-state index contributed by atoms with van der Waals surface area (Å²) in [6, 6.07) is 5.52. The fraction of sp³-hybridized carbons (Fsp3) is 0.400. The Balaban J connectivity index is 1.82. The van der Waals surface area contributed by atoms with E-state index in [0.29, 0.717) is 27.7 Å². The highest BCUT2D eigenvalue weighted by Gasteiger charge is 2.40. The van der Waals surface area contributed by atoms with Gasteiger partial charge in [0.25, 0.3) is 5.91 Å². The van der Waals surface area contributed by atoms with Gasteiger partial charge < -0.3 is 5.32 Å². The Hall–Kier alpha value is -1.80. The highest BCUT2D eigenvalue weighted by atomic mass is 32.2. The van der Waals surface area contributed by atoms with E-state index in [-0.39, 0.29) is 17.4 Å². The first-order chi connectivity index (χ1) is 10.8. The first-order valence-electron chi connectivity index (χ1n) is 7.20. The van der Waals surface area contributed by atoms with Gasteiger partial charge in [0.2, 0.25) is 0 Å². The van der Waals surface area contributed by atoms with Crippen molar-refractivity contribution in [3.63, 3.8) is 0 Å². The Morgan fingerprint density at radius 1 is 1.39 bits per heavy atom. The highest BCUT2D eigenvalue weighted by Crippen LogP contribution is 2.28. The minimum absolute atomic E-state index is 0.0172. The van der Waals surface area contributed by atoms with Gasteiger partial charge in [-0.05, 0) is 32.4 Å². The number of nitrogens with zero attached hydrogens (tertiary/aromatic N) is 2. The summed E-state index contributed by atoms with van der Waals surface area (Å²) in [6.07, 6.45) is 2.11. The van der Waals surface area contributed by atoms with Gasteiger partial charge >= 0.3 is 0 Å². The van der Waals surface area contributed by atoms with E-state index in [1.807, 2.05) is 18.2 Å². The molecule has 0 bridgehead atoms. The van der Waals surface area contributed by atoms with E-state index >= 15 is 0 Å². The lowest BCUT2D eigenvalue weighted by Crippen LogP contribution is -2.46. The van der Waals surface area contributed by atoms with E-state index in [1.165, 1.54) is 11.3 Å². The van der Waals surface area contributed by atoms with Crippen LogP contribution in [0.2, 0.25) is 0 Å². The van der Waals surface area contributed by atoms with Crippen molar-refractivity contribution in [2.75, 3.05) is 11.5 Å². The highest BCUT2D eigenvalue weighted by molar-refractivity contribution is 7.91. The maximum Gasteiger partial charge on any atom is 0.263 e. The second-order valence-electron chi connectivity index (χ2n) is 6.01. The number of carbonyl (C=O) groups excluding carboxylic acids is 1. The third kappa shape index (κ3) is 3.42. The Morgan fingerprint density at radius 3 is 2.78 bits per heavy atom. The van der Waals surface area contributed by atoms with Crippen LogP contribution in [0.25, 0.3) is 10.7 Å². The molecule has 1 atom stereocenters. The summed E-state index contributed by atoms with van der Waals surface area (Å²) in [7, 11) is -3.07. The lowest BCUT2D eigenvalue weighted by molar-refractivity contribution is 0.0919. The largest absolute Gasteiger partial charge is 0.345 e. The second kappa shape index (κ2) is 5.68. The van der Waals surface area contributed by atoms with E-state index < -0.39 is 15.4 Å². The van der Waals surface area contributed by atoms with Crippen LogP contribution in [0, 0.1) is 6.92 Å². The normalized spacial score (nSPS) is 22.9. The van der Waals surface area contributed by atoms with Gasteiger partial charge in [0.1, 0.15) is 9.88 Å². The number of rotatable bonds is 3. The maximum atomic E-state index is 12.5. The summed E-state index contributed by atoms with van der Waals surface area (Å²) >= 11 is 1.27. The zero-order chi connectivity index (χ0) is 16.7. The topological polar surface area (TPSA) is 89.0 Å². The van der Waals surface area contributed by atoms with Crippen molar-refractivity contribution in [3.8, 4) is 10.7 Å². The van der Waals surface area contributed by atoms with Crippen LogP contribution in [0.4, 0.5) is 0 Å². The van der Waals surface area contributed by atoms with Crippen LogP contribution >= 0.6 is 11.3 Å². The number of sulfone groups is 1. The minimum atomic E-state index is -3.07. The average molecular weight is 351 g/mol. The maximum absolute atomic E-state index is 12.5. The van der Waals surface area contributed by atoms with Gasteiger partial charge in [-0.15, -0.1) is 11.3 Å². The predicted octanol–water partition coefficient (Wildman–Crippen LogP) is 1.82. The fourth-order valence-corrected chi connectivity index (χ4v) is 5.68. The monoisotopic (exact) mass is 351 g/mol. The molecule has 1 amide bonds. The smallest absolute Gasteiger partial charge is 0.263 e. The molecule has 6 nitrogen and oxygen atoms in total. The predicted molar refractivity (Wildman–Crippen MR) is 89.2 cm³/mol. The van der Waals surface area contributed by atoms with Gasteiger partial charge in [0, 0.05) is 6.20 Å². The van der Waals surface area contributed by atoms with E-state index in [4.69, 9.17) is 0 Å². The van der Waals surface area contributed by atoms with Crippen molar-refractivity contribution in [3.05, 3.63) is 35.0 Å². The number of nitrogens with one attached hydrogen (secondary N) is 1. The molecule has 1 aliphatic rings. The standard InChI is InChI=1S/C15H17N3O3S2/c1-10-12(22-14(17-10)11-5-3-4-7-16-11)13(19)18-15(2)6-8-23(20,21)9-15/h3-5,7H,6,8-9H2,1-2H3,(H,18,19)/t15-/m0/s1. The van der Waals surface area contributed by atoms with Gasteiger partial charge in [-0.25, -0.2) is 13.4 Å². The van der Waals surface area contributed by atoms with Crippen molar-refractivity contribution in [2.24, 2.45) is 0 Å². The average Bonchev–Trinajstić information content (AvgIpc) is 3.00. The molecule has 2 aromatic heterocycles. The molecule has 0 aromatic carbocycles. The first-order valence-corrected chi connectivity index (χ1v) is 9.84. The molecule has 23 heavy (non-hydrogen) atoms. The SMILES string of the molecule is Cc1nc(-c2ccccn2)sc1C(=O)N[C@@]1(C)CCS(=O)(=O)C1.